The molecule has 2 aliphatic rings. The van der Waals surface area contributed by atoms with E-state index in [4.69, 9.17) is 0 Å². The lowest BCUT2D eigenvalue weighted by Gasteiger charge is -2.34. The number of nitrogens with zero attached hydrogens (tertiary/aromatic N) is 3. The molecule has 1 fully saturated rings. The Balaban J connectivity index is 1.42. The number of piperazine rings is 1. The van der Waals surface area contributed by atoms with Gasteiger partial charge in [-0.1, -0.05) is 0 Å². The first kappa shape index (κ1) is 17.6. The molecule has 27 heavy (non-hydrogen) atoms. The first-order valence-electron chi connectivity index (χ1n) is 8.85. The smallest absolute Gasteiger partial charge is 0.274 e. The average Bonchev–Trinajstić information content (AvgIpc) is 3.11. The number of hydrogen-bond acceptors (Lipinski definition) is 4. The van der Waals surface area contributed by atoms with Crippen molar-refractivity contribution in [3.63, 3.8) is 0 Å². The summed E-state index contributed by atoms with van der Waals surface area (Å²) in [7, 11) is 0. The van der Waals surface area contributed by atoms with Crippen LogP contribution in [-0.4, -0.2) is 64.5 Å². The van der Waals surface area contributed by atoms with Gasteiger partial charge in [0.25, 0.3) is 11.8 Å². The largest absolute Gasteiger partial charge is 0.335 e. The Kier molecular flexibility index (Phi) is 4.61. The number of rotatable bonds is 2. The Morgan fingerprint density at radius 3 is 2.44 bits per heavy atom. The van der Waals surface area contributed by atoms with Gasteiger partial charge in [0.05, 0.1) is 5.56 Å². The molecule has 2 amide bonds. The van der Waals surface area contributed by atoms with Crippen molar-refractivity contribution in [1.82, 2.24) is 25.3 Å². The average molecular weight is 375 g/mol. The quantitative estimate of drug-likeness (QED) is 0.818. The lowest BCUT2D eigenvalue weighted by Crippen LogP contribution is -2.51. The van der Waals surface area contributed by atoms with Gasteiger partial charge in [-0.3, -0.25) is 14.7 Å². The normalized spacial score (nSPS) is 17.0. The van der Waals surface area contributed by atoms with E-state index >= 15 is 0 Å². The molecule has 0 radical (unpaired) electrons. The first-order valence-corrected chi connectivity index (χ1v) is 8.85. The summed E-state index contributed by atoms with van der Waals surface area (Å²) >= 11 is 0. The fourth-order valence-corrected chi connectivity index (χ4v) is 3.50. The number of fused-ring (bicyclic) bond motifs is 1. The minimum Gasteiger partial charge on any atom is -0.335 e. The molecule has 2 aliphatic heterocycles. The van der Waals surface area contributed by atoms with Crippen molar-refractivity contribution < 1.29 is 18.4 Å². The molecule has 1 aromatic carbocycles. The fourth-order valence-electron chi connectivity index (χ4n) is 3.50. The first-order chi connectivity index (χ1) is 13.0. The summed E-state index contributed by atoms with van der Waals surface area (Å²) in [6.07, 6.45) is 0.807. The van der Waals surface area contributed by atoms with Gasteiger partial charge in [-0.15, -0.1) is 0 Å². The second kappa shape index (κ2) is 7.07. The number of aromatic amines is 1. The molecule has 9 heteroatoms. The minimum atomic E-state index is -0.880. The summed E-state index contributed by atoms with van der Waals surface area (Å²) in [5, 5.41) is 10.3. The van der Waals surface area contributed by atoms with E-state index < -0.39 is 17.5 Å². The molecule has 1 saturated heterocycles. The van der Waals surface area contributed by atoms with Gasteiger partial charge in [-0.25, -0.2) is 8.78 Å². The number of amides is 2. The maximum absolute atomic E-state index is 13.8. The van der Waals surface area contributed by atoms with Crippen LogP contribution in [0.4, 0.5) is 8.78 Å². The van der Waals surface area contributed by atoms with Crippen molar-refractivity contribution in [2.45, 2.75) is 13.0 Å². The standard InChI is InChI=1S/C18H19F2N5O2/c19-11-1-2-12(14(20)9-11)17(26)24-5-7-25(8-6-24)18(27)16-13-10-21-4-3-15(13)22-23-16/h1-2,9,21H,3-8,10H2,(H,22,23). The van der Waals surface area contributed by atoms with Crippen molar-refractivity contribution in [3.05, 3.63) is 52.3 Å². The Morgan fingerprint density at radius 2 is 1.74 bits per heavy atom. The molecule has 0 unspecified atom stereocenters. The third-order valence-electron chi connectivity index (χ3n) is 5.02. The maximum Gasteiger partial charge on any atom is 0.274 e. The Morgan fingerprint density at radius 1 is 1.04 bits per heavy atom. The number of hydrogen-bond donors (Lipinski definition) is 2. The number of H-pyrrole nitrogens is 1. The molecule has 1 aromatic heterocycles. The summed E-state index contributed by atoms with van der Waals surface area (Å²) in [6.45, 7) is 2.70. The van der Waals surface area contributed by atoms with Crippen LogP contribution in [0, 0.1) is 11.6 Å². The van der Waals surface area contributed by atoms with Crippen LogP contribution in [0.2, 0.25) is 0 Å². The van der Waals surface area contributed by atoms with Crippen LogP contribution >= 0.6 is 0 Å². The fraction of sp³-hybridized carbons (Fsp3) is 0.389. The number of nitrogens with one attached hydrogen (secondary N) is 2. The summed E-state index contributed by atoms with van der Waals surface area (Å²) in [5.41, 5.74) is 2.14. The summed E-state index contributed by atoms with van der Waals surface area (Å²) in [6, 6.07) is 2.90. The maximum atomic E-state index is 13.8. The molecule has 4 rings (SSSR count). The lowest BCUT2D eigenvalue weighted by atomic mass is 10.1. The van der Waals surface area contributed by atoms with Gasteiger partial charge in [0.1, 0.15) is 11.6 Å². The zero-order chi connectivity index (χ0) is 19.0. The molecule has 0 atom stereocenters. The van der Waals surface area contributed by atoms with Gasteiger partial charge in [0, 0.05) is 63.0 Å². The zero-order valence-electron chi connectivity index (χ0n) is 14.6. The molecule has 3 heterocycles. The van der Waals surface area contributed by atoms with Crippen LogP contribution in [0.1, 0.15) is 32.1 Å². The van der Waals surface area contributed by atoms with E-state index in [2.05, 4.69) is 15.5 Å². The van der Waals surface area contributed by atoms with Crippen molar-refractivity contribution in [1.29, 1.82) is 0 Å². The molecule has 2 N–H and O–H groups in total. The van der Waals surface area contributed by atoms with Gasteiger partial charge in [-0.05, 0) is 12.1 Å². The van der Waals surface area contributed by atoms with E-state index in [1.807, 2.05) is 0 Å². The van der Waals surface area contributed by atoms with Gasteiger partial charge < -0.3 is 15.1 Å². The van der Waals surface area contributed by atoms with Gasteiger partial charge >= 0.3 is 0 Å². The second-order valence-corrected chi connectivity index (χ2v) is 6.66. The minimum absolute atomic E-state index is 0.163. The van der Waals surface area contributed by atoms with E-state index in [1.165, 1.54) is 4.90 Å². The van der Waals surface area contributed by atoms with Crippen molar-refractivity contribution in [3.8, 4) is 0 Å². The van der Waals surface area contributed by atoms with Gasteiger partial charge in [0.2, 0.25) is 0 Å². The highest BCUT2D eigenvalue weighted by Gasteiger charge is 2.30. The molecule has 0 saturated carbocycles. The number of aromatic nitrogens is 2. The Hall–Kier alpha value is -2.81. The monoisotopic (exact) mass is 375 g/mol. The highest BCUT2D eigenvalue weighted by Crippen LogP contribution is 2.19. The van der Waals surface area contributed by atoms with Crippen LogP contribution in [0.25, 0.3) is 0 Å². The van der Waals surface area contributed by atoms with Crippen LogP contribution in [0.5, 0.6) is 0 Å². The van der Waals surface area contributed by atoms with E-state index in [-0.39, 0.29) is 24.6 Å². The van der Waals surface area contributed by atoms with Crippen LogP contribution in [0.15, 0.2) is 18.2 Å². The summed E-state index contributed by atoms with van der Waals surface area (Å²) in [5.74, 6) is -2.28. The third-order valence-corrected chi connectivity index (χ3v) is 5.02. The Bertz CT molecular complexity index is 890. The highest BCUT2D eigenvalue weighted by molar-refractivity contribution is 5.96. The summed E-state index contributed by atoms with van der Waals surface area (Å²) in [4.78, 5) is 28.4. The van der Waals surface area contributed by atoms with Crippen molar-refractivity contribution >= 4 is 11.8 Å². The number of carbonyl (C=O) groups is 2. The molecule has 7 nitrogen and oxygen atoms in total. The molecule has 0 spiro atoms. The zero-order valence-corrected chi connectivity index (χ0v) is 14.6. The van der Waals surface area contributed by atoms with E-state index in [0.717, 1.165) is 36.4 Å². The Labute approximate surface area is 154 Å². The molecular weight excluding hydrogens is 356 g/mol. The van der Waals surface area contributed by atoms with Crippen molar-refractivity contribution in [2.75, 3.05) is 32.7 Å². The molecular formula is C18H19F2N5O2. The van der Waals surface area contributed by atoms with E-state index in [1.54, 1.807) is 4.90 Å². The molecule has 2 aromatic rings. The predicted molar refractivity (Wildman–Crippen MR) is 92.2 cm³/mol. The van der Waals surface area contributed by atoms with Crippen molar-refractivity contribution in [2.24, 2.45) is 0 Å². The second-order valence-electron chi connectivity index (χ2n) is 6.66. The topological polar surface area (TPSA) is 81.3 Å². The molecule has 0 aliphatic carbocycles. The molecule has 0 bridgehead atoms. The molecule has 142 valence electrons. The number of halogens is 2. The SMILES string of the molecule is O=C(c1ccc(F)cc1F)N1CCN(C(=O)c2n[nH]c3c2CNCC3)CC1. The van der Waals surface area contributed by atoms with Crippen LogP contribution < -0.4 is 5.32 Å². The number of carbonyl (C=O) groups excluding carboxylic acids is 2. The highest BCUT2D eigenvalue weighted by atomic mass is 19.1. The third kappa shape index (κ3) is 3.30. The van der Waals surface area contributed by atoms with Gasteiger partial charge in [-0.2, -0.15) is 5.10 Å². The predicted octanol–water partition coefficient (Wildman–Crippen LogP) is 0.932. The number of benzene rings is 1. The van der Waals surface area contributed by atoms with Crippen LogP contribution in [-0.2, 0) is 13.0 Å². The van der Waals surface area contributed by atoms with E-state index in [9.17, 15) is 18.4 Å². The lowest BCUT2D eigenvalue weighted by molar-refractivity contribution is 0.0529. The van der Waals surface area contributed by atoms with Crippen LogP contribution in [0.3, 0.4) is 0 Å². The van der Waals surface area contributed by atoms with E-state index in [0.29, 0.717) is 31.4 Å². The summed E-state index contributed by atoms with van der Waals surface area (Å²) < 4.78 is 26.9. The van der Waals surface area contributed by atoms with Gasteiger partial charge in [0.15, 0.2) is 5.69 Å².